The average molecular weight is 654 g/mol. The van der Waals surface area contributed by atoms with Crippen LogP contribution in [0.2, 0.25) is 0 Å². The van der Waals surface area contributed by atoms with Gasteiger partial charge < -0.3 is 19.4 Å². The molecule has 0 unspecified atom stereocenters. The predicted molar refractivity (Wildman–Crippen MR) is 156 cm³/mol. The number of anilines is 2. The molecule has 10 nitrogen and oxygen atoms in total. The molecule has 0 N–H and O–H groups in total. The summed E-state index contributed by atoms with van der Waals surface area (Å²) < 4.78 is 86.4. The van der Waals surface area contributed by atoms with E-state index in [4.69, 9.17) is 4.74 Å². The molecule has 0 saturated carbocycles. The van der Waals surface area contributed by atoms with E-state index in [0.29, 0.717) is 56.9 Å². The van der Waals surface area contributed by atoms with Crippen LogP contribution < -0.4 is 20.1 Å². The van der Waals surface area contributed by atoms with Crippen molar-refractivity contribution in [1.29, 1.82) is 0 Å². The van der Waals surface area contributed by atoms with Crippen LogP contribution in [-0.2, 0) is 23.7 Å². The molecular formula is C30H33F6N7O3. The van der Waals surface area contributed by atoms with Crippen LogP contribution in [0.4, 0.5) is 38.1 Å². The highest BCUT2D eigenvalue weighted by Crippen LogP contribution is 2.32. The Labute approximate surface area is 260 Å². The fourth-order valence-electron chi connectivity index (χ4n) is 5.72. The van der Waals surface area contributed by atoms with Crippen molar-refractivity contribution in [2.45, 2.75) is 57.0 Å². The van der Waals surface area contributed by atoms with Crippen LogP contribution in [0.1, 0.15) is 48.8 Å². The van der Waals surface area contributed by atoms with Crippen LogP contribution in [0.5, 0.6) is 5.75 Å². The number of hydrogen-bond donors (Lipinski definition) is 0. The molecule has 0 bridgehead atoms. The molecule has 2 saturated heterocycles. The van der Waals surface area contributed by atoms with Crippen LogP contribution in [-0.4, -0.2) is 76.4 Å². The second kappa shape index (κ2) is 13.5. The zero-order valence-electron chi connectivity index (χ0n) is 25.0. The number of carbonyl (C=O) groups is 1. The van der Waals surface area contributed by atoms with Gasteiger partial charge in [0.25, 0.3) is 5.56 Å². The summed E-state index contributed by atoms with van der Waals surface area (Å²) in [5.41, 5.74) is -2.91. The van der Waals surface area contributed by atoms with Gasteiger partial charge in [-0.25, -0.2) is 14.6 Å². The van der Waals surface area contributed by atoms with E-state index in [9.17, 15) is 35.9 Å². The lowest BCUT2D eigenvalue weighted by Gasteiger charge is -2.38. The van der Waals surface area contributed by atoms with E-state index in [-0.39, 0.29) is 36.7 Å². The molecule has 2 aliphatic heterocycles. The van der Waals surface area contributed by atoms with Gasteiger partial charge in [0.15, 0.2) is 0 Å². The van der Waals surface area contributed by atoms with Crippen molar-refractivity contribution in [1.82, 2.24) is 24.6 Å². The number of amides is 1. The topological polar surface area (TPSA) is 96.7 Å². The maximum Gasteiger partial charge on any atom is 0.421 e. The number of halogens is 6. The molecule has 3 aromatic rings. The van der Waals surface area contributed by atoms with E-state index in [0.717, 1.165) is 36.0 Å². The number of piperazine rings is 1. The summed E-state index contributed by atoms with van der Waals surface area (Å²) in [4.78, 5) is 38.7. The summed E-state index contributed by atoms with van der Waals surface area (Å²) in [6, 6.07) is 7.14. The van der Waals surface area contributed by atoms with Crippen LogP contribution in [0.25, 0.3) is 0 Å². The van der Waals surface area contributed by atoms with E-state index >= 15 is 0 Å². The summed E-state index contributed by atoms with van der Waals surface area (Å²) in [5.74, 6) is 0.612. The monoisotopic (exact) mass is 653 g/mol. The molecule has 2 aromatic heterocycles. The van der Waals surface area contributed by atoms with E-state index in [1.165, 1.54) is 7.11 Å². The van der Waals surface area contributed by atoms with Crippen LogP contribution in [0.3, 0.4) is 0 Å². The molecule has 4 heterocycles. The fraction of sp³-hybridized carbons (Fsp3) is 0.500. The molecule has 248 valence electrons. The number of hydrogen-bond acceptors (Lipinski definition) is 8. The molecule has 0 aliphatic carbocycles. The van der Waals surface area contributed by atoms with Gasteiger partial charge in [0.05, 0.1) is 19.2 Å². The van der Waals surface area contributed by atoms with Gasteiger partial charge in [0, 0.05) is 63.6 Å². The summed E-state index contributed by atoms with van der Waals surface area (Å²) in [7, 11) is 1.49. The number of ether oxygens (including phenoxy) is 1. The van der Waals surface area contributed by atoms with Gasteiger partial charge >= 0.3 is 12.4 Å². The highest BCUT2D eigenvalue weighted by atomic mass is 19.4. The van der Waals surface area contributed by atoms with Gasteiger partial charge in [-0.05, 0) is 43.4 Å². The molecule has 5 rings (SSSR count). The lowest BCUT2D eigenvalue weighted by molar-refractivity contribution is -0.139. The molecule has 1 aromatic carbocycles. The van der Waals surface area contributed by atoms with E-state index in [1.807, 2.05) is 0 Å². The van der Waals surface area contributed by atoms with Gasteiger partial charge in [-0.2, -0.15) is 31.4 Å². The average Bonchev–Trinajstić information content (AvgIpc) is 3.04. The summed E-state index contributed by atoms with van der Waals surface area (Å²) in [5, 5.41) is 4.35. The highest BCUT2D eigenvalue weighted by molar-refractivity contribution is 5.76. The smallest absolute Gasteiger partial charge is 0.421 e. The fourth-order valence-corrected chi connectivity index (χ4v) is 5.72. The highest BCUT2D eigenvalue weighted by Gasteiger charge is 2.37. The lowest BCUT2D eigenvalue weighted by Crippen LogP contribution is -2.49. The molecule has 2 aliphatic rings. The molecular weight excluding hydrogens is 620 g/mol. The summed E-state index contributed by atoms with van der Waals surface area (Å²) >= 11 is 0. The second-order valence-corrected chi connectivity index (χ2v) is 11.2. The van der Waals surface area contributed by atoms with E-state index in [2.05, 4.69) is 15.1 Å². The molecule has 16 heteroatoms. The number of piperidine rings is 1. The van der Waals surface area contributed by atoms with Crippen molar-refractivity contribution in [3.8, 4) is 5.75 Å². The first kappa shape index (κ1) is 33.0. The number of benzene rings is 1. The number of nitrogens with zero attached hydrogens (tertiary/aromatic N) is 7. The Morgan fingerprint density at radius 1 is 0.935 bits per heavy atom. The van der Waals surface area contributed by atoms with E-state index in [1.54, 1.807) is 39.0 Å². The predicted octanol–water partition coefficient (Wildman–Crippen LogP) is 4.62. The number of alkyl halides is 6. The number of methoxy groups -OCH3 is 1. The molecule has 46 heavy (non-hydrogen) atoms. The normalized spacial score (nSPS) is 17.7. The Kier molecular flexibility index (Phi) is 9.72. The second-order valence-electron chi connectivity index (χ2n) is 11.2. The first-order valence-corrected chi connectivity index (χ1v) is 14.8. The molecule has 0 spiro atoms. The van der Waals surface area contributed by atoms with Crippen LogP contribution in [0, 0.1) is 0 Å². The third-order valence-electron chi connectivity index (χ3n) is 8.25. The Bertz CT molecular complexity index is 1550. The Morgan fingerprint density at radius 2 is 1.61 bits per heavy atom. The SMILES string of the molecule is COc1ccc(Cn2nc(N3CCCC[C@H]3CCC(=O)N3CCN(c4ncc(C(F)(F)F)cn4)CC3)cc(C(F)(F)F)c2=O)cc1. The van der Waals surface area contributed by atoms with Crippen molar-refractivity contribution in [2.75, 3.05) is 49.6 Å². The van der Waals surface area contributed by atoms with Crippen LogP contribution in [0.15, 0.2) is 47.5 Å². The maximum atomic E-state index is 14.0. The van der Waals surface area contributed by atoms with Gasteiger partial charge in [-0.1, -0.05) is 12.1 Å². The molecule has 2 fully saturated rings. The number of rotatable bonds is 8. The summed E-state index contributed by atoms with van der Waals surface area (Å²) in [6.07, 6.45) is -5.24. The van der Waals surface area contributed by atoms with Crippen LogP contribution >= 0.6 is 0 Å². The van der Waals surface area contributed by atoms with Gasteiger partial charge in [-0.3, -0.25) is 9.59 Å². The van der Waals surface area contributed by atoms with Crippen molar-refractivity contribution >= 4 is 17.7 Å². The van der Waals surface area contributed by atoms with Gasteiger partial charge in [-0.15, -0.1) is 0 Å². The van der Waals surface area contributed by atoms with Gasteiger partial charge in [0.1, 0.15) is 17.1 Å². The number of aromatic nitrogens is 4. The lowest BCUT2D eigenvalue weighted by atomic mass is 9.97. The Hall–Kier alpha value is -4.37. The van der Waals surface area contributed by atoms with Crippen molar-refractivity contribution in [2.24, 2.45) is 0 Å². The standard InChI is InChI=1S/C30H33F6N7O3/c1-46-23-8-5-20(6-9-23)19-43-27(45)24(30(34,35)36)16-25(39-43)42-11-3-2-4-22(42)7-10-26(44)40-12-14-41(15-13-40)28-37-17-21(18-38-28)29(31,32)33/h5-6,8-9,16-18,22H,2-4,7,10-15,19H2,1H3/t22-/m0/s1. The first-order valence-electron chi connectivity index (χ1n) is 14.8. The third kappa shape index (κ3) is 7.70. The zero-order valence-corrected chi connectivity index (χ0v) is 25.0. The Morgan fingerprint density at radius 3 is 2.22 bits per heavy atom. The molecule has 0 radical (unpaired) electrons. The minimum absolute atomic E-state index is 0.0303. The van der Waals surface area contributed by atoms with Crippen molar-refractivity contribution < 1.29 is 35.9 Å². The van der Waals surface area contributed by atoms with E-state index < -0.39 is 29.0 Å². The third-order valence-corrected chi connectivity index (χ3v) is 8.25. The number of carbonyl (C=O) groups excluding carboxylic acids is 1. The maximum absolute atomic E-state index is 14.0. The van der Waals surface area contributed by atoms with Crippen molar-refractivity contribution in [3.63, 3.8) is 0 Å². The van der Waals surface area contributed by atoms with Crippen molar-refractivity contribution in [3.05, 3.63) is 69.8 Å². The van der Waals surface area contributed by atoms with Gasteiger partial charge in [0.2, 0.25) is 11.9 Å². The largest absolute Gasteiger partial charge is 0.497 e. The first-order chi connectivity index (χ1) is 21.8. The minimum Gasteiger partial charge on any atom is -0.497 e. The Balaban J connectivity index is 1.25. The summed E-state index contributed by atoms with van der Waals surface area (Å²) in [6.45, 7) is 1.59. The minimum atomic E-state index is -4.88. The molecule has 1 atom stereocenters. The molecule has 1 amide bonds. The zero-order chi connectivity index (χ0) is 33.1. The quantitative estimate of drug-likeness (QED) is 0.326.